The Labute approximate surface area is 231 Å². The van der Waals surface area contributed by atoms with E-state index in [0.717, 1.165) is 39.0 Å². The van der Waals surface area contributed by atoms with Crippen molar-refractivity contribution in [3.63, 3.8) is 0 Å². The van der Waals surface area contributed by atoms with E-state index in [1.165, 1.54) is 11.1 Å². The minimum absolute atomic E-state index is 0.454. The summed E-state index contributed by atoms with van der Waals surface area (Å²) in [4.78, 5) is 5.90. The molecular weight excluding hydrogens is 502 g/mol. The fourth-order valence-electron chi connectivity index (χ4n) is 4.29. The van der Waals surface area contributed by atoms with Gasteiger partial charge in [0.15, 0.2) is 11.4 Å². The van der Waals surface area contributed by atoms with Crippen molar-refractivity contribution in [3.8, 4) is 45.5 Å². The van der Waals surface area contributed by atoms with Gasteiger partial charge in [-0.25, -0.2) is 4.98 Å². The number of thiophene rings is 1. The van der Waals surface area contributed by atoms with Crippen molar-refractivity contribution < 1.29 is 9.47 Å². The van der Waals surface area contributed by atoms with Crippen LogP contribution in [0.1, 0.15) is 11.1 Å². The van der Waals surface area contributed by atoms with Gasteiger partial charge in [-0.05, 0) is 58.5 Å². The van der Waals surface area contributed by atoms with Gasteiger partial charge in [-0.2, -0.15) is 0 Å². The lowest BCUT2D eigenvalue weighted by Gasteiger charge is -2.11. The predicted molar refractivity (Wildman–Crippen MR) is 159 cm³/mol. The number of ether oxygens (including phenoxy) is 2. The zero-order chi connectivity index (χ0) is 26.6. The monoisotopic (exact) mass is 527 g/mol. The van der Waals surface area contributed by atoms with Gasteiger partial charge in [0.1, 0.15) is 23.9 Å². The predicted octanol–water partition coefficient (Wildman–Crippen LogP) is 8.04. The molecule has 5 nitrogen and oxygen atoms in total. The van der Waals surface area contributed by atoms with Gasteiger partial charge in [-0.3, -0.25) is 4.40 Å². The second-order valence-corrected chi connectivity index (χ2v) is 9.81. The summed E-state index contributed by atoms with van der Waals surface area (Å²) in [5, 5.41) is 5.50. The molecule has 2 aliphatic rings. The number of hydrogen-bond acceptors (Lipinski definition) is 5. The van der Waals surface area contributed by atoms with Crippen LogP contribution in [-0.2, 0) is 6.61 Å². The molecule has 0 aliphatic heterocycles. The Kier molecular flexibility index (Phi) is 6.73. The molecule has 0 bridgehead atoms. The van der Waals surface area contributed by atoms with Crippen LogP contribution in [0.3, 0.4) is 0 Å². The first-order valence-electron chi connectivity index (χ1n) is 12.5. The summed E-state index contributed by atoms with van der Waals surface area (Å²) in [5.41, 5.74) is 7.12. The Morgan fingerprint density at radius 2 is 1.74 bits per heavy atom. The number of nitrogens with one attached hydrogen (secondary N) is 1. The number of hydrogen-bond donors (Lipinski definition) is 1. The van der Waals surface area contributed by atoms with E-state index in [1.54, 1.807) is 18.4 Å². The van der Waals surface area contributed by atoms with Crippen LogP contribution in [0.2, 0.25) is 0 Å². The van der Waals surface area contributed by atoms with Gasteiger partial charge >= 0.3 is 0 Å². The Balaban J connectivity index is 0.000000401. The fourth-order valence-corrected chi connectivity index (χ4v) is 5.14. The van der Waals surface area contributed by atoms with Crippen molar-refractivity contribution in [3.05, 3.63) is 120 Å². The molecule has 0 fully saturated rings. The zero-order valence-electron chi connectivity index (χ0n) is 21.3. The topological polar surface area (TPSA) is 47.8 Å². The summed E-state index contributed by atoms with van der Waals surface area (Å²) in [6.45, 7) is 0.454. The largest absolute Gasteiger partial charge is 0.497 e. The molecule has 0 saturated heterocycles. The third-order valence-corrected chi connectivity index (χ3v) is 7.25. The van der Waals surface area contributed by atoms with Crippen LogP contribution in [-0.4, -0.2) is 16.5 Å². The Morgan fingerprint density at radius 3 is 2.46 bits per heavy atom. The number of rotatable bonds is 7. The minimum atomic E-state index is 0.454. The van der Waals surface area contributed by atoms with Crippen molar-refractivity contribution in [2.24, 2.45) is 0 Å². The Morgan fingerprint density at radius 1 is 0.923 bits per heavy atom. The maximum absolute atomic E-state index is 6.17. The number of anilines is 2. The SMILES string of the molecule is C#Cc1ccsc1-c1nc2c(OCc3ccccc3)cccn2c1Nc1cccc(OC)c1.c1cc2cc-2c1. The van der Waals surface area contributed by atoms with Crippen LogP contribution in [0, 0.1) is 12.3 Å². The van der Waals surface area contributed by atoms with Crippen molar-refractivity contribution in [1.29, 1.82) is 0 Å². The van der Waals surface area contributed by atoms with E-state index >= 15 is 0 Å². The average molecular weight is 528 g/mol. The number of benzene rings is 3. The minimum Gasteiger partial charge on any atom is -0.497 e. The molecule has 5 aromatic rings. The number of fused-ring (bicyclic) bond motifs is 2. The van der Waals surface area contributed by atoms with E-state index in [0.29, 0.717) is 18.0 Å². The highest BCUT2D eigenvalue weighted by molar-refractivity contribution is 7.13. The first-order valence-corrected chi connectivity index (χ1v) is 13.4. The molecule has 3 aromatic heterocycles. The number of imidazole rings is 1. The molecule has 39 heavy (non-hydrogen) atoms. The molecule has 6 heteroatoms. The molecule has 3 heterocycles. The highest BCUT2D eigenvalue weighted by Crippen LogP contribution is 2.38. The van der Waals surface area contributed by atoms with Gasteiger partial charge in [-0.1, -0.05) is 60.5 Å². The van der Waals surface area contributed by atoms with E-state index < -0.39 is 0 Å². The van der Waals surface area contributed by atoms with Crippen LogP contribution < -0.4 is 14.8 Å². The summed E-state index contributed by atoms with van der Waals surface area (Å²) in [6, 6.07) is 32.1. The lowest BCUT2D eigenvalue weighted by molar-refractivity contribution is 0.308. The zero-order valence-corrected chi connectivity index (χ0v) is 22.1. The second-order valence-electron chi connectivity index (χ2n) is 8.89. The number of methoxy groups -OCH3 is 1. The van der Waals surface area contributed by atoms with Crippen LogP contribution in [0.25, 0.3) is 27.3 Å². The summed E-state index contributed by atoms with van der Waals surface area (Å²) < 4.78 is 13.5. The standard InChI is InChI=1S/C27H21N3O2S.C6H4/c1-3-20-14-16-33-25(20)24-27(28-21-11-7-12-22(17-21)31-2)30-15-8-13-23(26(30)29-24)32-18-19-9-5-4-6-10-19;1-2-5-4-6(5)3-1/h1,4-17,28H,18H2,2H3;1-4H. The second kappa shape index (κ2) is 10.8. The van der Waals surface area contributed by atoms with Crippen molar-refractivity contribution in [2.45, 2.75) is 6.61 Å². The van der Waals surface area contributed by atoms with Gasteiger partial charge in [0.2, 0.25) is 0 Å². The lowest BCUT2D eigenvalue weighted by atomic mass is 10.2. The summed E-state index contributed by atoms with van der Waals surface area (Å²) in [7, 11) is 1.65. The summed E-state index contributed by atoms with van der Waals surface area (Å²) in [5.74, 6) is 5.04. The number of pyridine rings is 1. The average Bonchev–Trinajstić information content (AvgIpc) is 3.32. The third kappa shape index (κ3) is 5.22. The van der Waals surface area contributed by atoms with Crippen LogP contribution in [0.4, 0.5) is 11.5 Å². The highest BCUT2D eigenvalue weighted by Gasteiger charge is 2.20. The Bertz CT molecular complexity index is 1780. The first kappa shape index (κ1) is 24.4. The maximum Gasteiger partial charge on any atom is 0.182 e. The van der Waals surface area contributed by atoms with E-state index in [-0.39, 0.29) is 0 Å². The molecule has 0 saturated carbocycles. The molecule has 2 aliphatic carbocycles. The molecule has 0 atom stereocenters. The van der Waals surface area contributed by atoms with Crippen molar-refractivity contribution >= 4 is 28.5 Å². The third-order valence-electron chi connectivity index (χ3n) is 6.33. The molecular formula is C33H25N3O2S. The quantitative estimate of drug-likeness (QED) is 0.213. The molecule has 0 amide bonds. The van der Waals surface area contributed by atoms with Crippen LogP contribution >= 0.6 is 11.3 Å². The lowest BCUT2D eigenvalue weighted by Crippen LogP contribution is -1.99. The molecule has 0 unspecified atom stereocenters. The summed E-state index contributed by atoms with van der Waals surface area (Å²) in [6.07, 6.45) is 7.73. The molecule has 190 valence electrons. The number of aromatic nitrogens is 2. The van der Waals surface area contributed by atoms with Gasteiger partial charge in [0.25, 0.3) is 0 Å². The van der Waals surface area contributed by atoms with Crippen LogP contribution in [0.15, 0.2) is 109 Å². The normalized spacial score (nSPS) is 10.8. The Hall–Kier alpha value is -4.99. The van der Waals surface area contributed by atoms with Crippen molar-refractivity contribution in [2.75, 3.05) is 12.4 Å². The van der Waals surface area contributed by atoms with E-state index in [4.69, 9.17) is 20.9 Å². The molecule has 0 spiro atoms. The molecule has 1 N–H and O–H groups in total. The van der Waals surface area contributed by atoms with Crippen LogP contribution in [0.5, 0.6) is 11.5 Å². The van der Waals surface area contributed by atoms with Crippen molar-refractivity contribution in [1.82, 2.24) is 9.38 Å². The van der Waals surface area contributed by atoms with E-state index in [9.17, 15) is 0 Å². The van der Waals surface area contributed by atoms with Gasteiger partial charge in [0.05, 0.1) is 12.0 Å². The number of terminal acetylenes is 1. The molecule has 2 aromatic carbocycles. The van der Waals surface area contributed by atoms with E-state index in [1.807, 2.05) is 88.8 Å². The van der Waals surface area contributed by atoms with E-state index in [2.05, 4.69) is 35.5 Å². The van der Waals surface area contributed by atoms with Gasteiger partial charge in [0, 0.05) is 23.5 Å². The summed E-state index contributed by atoms with van der Waals surface area (Å²) >= 11 is 1.57. The maximum atomic E-state index is 6.17. The first-order chi connectivity index (χ1) is 19.2. The molecule has 0 radical (unpaired) electrons. The molecule has 7 rings (SSSR count). The highest BCUT2D eigenvalue weighted by atomic mass is 32.1. The fraction of sp³-hybridized carbons (Fsp3) is 0.0606. The van der Waals surface area contributed by atoms with Gasteiger partial charge in [-0.15, -0.1) is 17.8 Å². The van der Waals surface area contributed by atoms with Gasteiger partial charge < -0.3 is 14.8 Å². The smallest absolute Gasteiger partial charge is 0.182 e. The number of nitrogens with zero attached hydrogens (tertiary/aromatic N) is 2.